The van der Waals surface area contributed by atoms with Crippen LogP contribution >= 0.6 is 41.7 Å². The maximum Gasteiger partial charge on any atom is 0.471 e. The van der Waals surface area contributed by atoms with Crippen molar-refractivity contribution in [1.82, 2.24) is 4.90 Å². The van der Waals surface area contributed by atoms with Gasteiger partial charge in [-0.15, -0.1) is 23.3 Å². The number of hydrogen-bond donors (Lipinski definition) is 2. The molecule has 2 atom stereocenters. The molecule has 0 fully saturated rings. The first-order valence-electron chi connectivity index (χ1n) is 6.27. The van der Waals surface area contributed by atoms with Gasteiger partial charge in [-0.25, -0.2) is 0 Å². The first-order chi connectivity index (χ1) is 10.9. The summed E-state index contributed by atoms with van der Waals surface area (Å²) < 4.78 is 59.6. The molecule has 142 valence electrons. The predicted molar refractivity (Wildman–Crippen MR) is 85.9 cm³/mol. The highest BCUT2D eigenvalue weighted by Crippen LogP contribution is 2.55. The topological polar surface area (TPSA) is 93.1 Å². The zero-order valence-electron chi connectivity index (χ0n) is 12.5. The molecule has 7 nitrogen and oxygen atoms in total. The molecular weight excluding hydrogens is 418 g/mol. The fourth-order valence-electron chi connectivity index (χ4n) is 1.40. The van der Waals surface area contributed by atoms with Crippen LogP contribution in [0.3, 0.4) is 0 Å². The van der Waals surface area contributed by atoms with Gasteiger partial charge in [0, 0.05) is 0 Å². The molecule has 1 N–H and O–H groups in total. The lowest BCUT2D eigenvalue weighted by atomic mass is 10.5. The van der Waals surface area contributed by atoms with Crippen molar-refractivity contribution in [1.29, 1.82) is 0 Å². The standard InChI is InChI=1S/C10H16ClF3NO6PS2/c1-6(2)21-22(18,19)9(24-23)15(8(17)10(12,13)14)5-7(16)20-4-3-11/h6,9,23H,3-5H2,1-2H3,(H,18,19). The smallest absolute Gasteiger partial charge is 0.463 e. The van der Waals surface area contributed by atoms with Crippen LogP contribution in [0, 0.1) is 0 Å². The second-order valence-electron chi connectivity index (χ2n) is 4.49. The fourth-order valence-corrected chi connectivity index (χ4v) is 5.04. The normalized spacial score (nSPS) is 15.7. The van der Waals surface area contributed by atoms with Crippen molar-refractivity contribution in [2.75, 3.05) is 19.0 Å². The molecule has 0 radical (unpaired) electrons. The third kappa shape index (κ3) is 7.83. The van der Waals surface area contributed by atoms with Crippen molar-refractivity contribution >= 4 is 53.5 Å². The van der Waals surface area contributed by atoms with Gasteiger partial charge in [0.25, 0.3) is 0 Å². The van der Waals surface area contributed by atoms with Crippen molar-refractivity contribution in [3.63, 3.8) is 0 Å². The molecule has 0 aromatic carbocycles. The number of esters is 1. The first kappa shape index (κ1) is 23.9. The number of halogens is 4. The number of carbonyl (C=O) groups excluding carboxylic acids is 2. The van der Waals surface area contributed by atoms with Crippen LogP contribution in [0.4, 0.5) is 13.2 Å². The minimum Gasteiger partial charge on any atom is -0.463 e. The van der Waals surface area contributed by atoms with Crippen molar-refractivity contribution in [3.05, 3.63) is 0 Å². The molecular formula is C10H16ClF3NO6PS2. The molecule has 2 unspecified atom stereocenters. The molecule has 0 aliphatic carbocycles. The number of ether oxygens (including phenoxy) is 1. The number of thiol groups is 1. The van der Waals surface area contributed by atoms with E-state index in [9.17, 15) is 32.2 Å². The van der Waals surface area contributed by atoms with E-state index < -0.39 is 43.4 Å². The quantitative estimate of drug-likeness (QED) is 0.144. The molecule has 0 heterocycles. The number of hydrogen-bond acceptors (Lipinski definition) is 7. The first-order valence-corrected chi connectivity index (χ1v) is 10.4. The SMILES string of the molecule is CC(C)OP(=O)(O)C(SS)N(CC(=O)OCCCl)C(=O)C(F)(F)F. The maximum absolute atomic E-state index is 12.7. The highest BCUT2D eigenvalue weighted by Gasteiger charge is 2.50. The second kappa shape index (κ2) is 10.1. The highest BCUT2D eigenvalue weighted by atomic mass is 35.5. The van der Waals surface area contributed by atoms with E-state index in [4.69, 9.17) is 16.1 Å². The molecule has 0 saturated carbocycles. The van der Waals surface area contributed by atoms with Gasteiger partial charge in [-0.05, 0) is 13.8 Å². The van der Waals surface area contributed by atoms with Gasteiger partial charge in [0.15, 0.2) is 5.11 Å². The molecule has 0 aromatic rings. The Balaban J connectivity index is 5.59. The van der Waals surface area contributed by atoms with Crippen LogP contribution in [0.2, 0.25) is 0 Å². The van der Waals surface area contributed by atoms with Crippen molar-refractivity contribution in [2.45, 2.75) is 31.2 Å². The summed E-state index contributed by atoms with van der Waals surface area (Å²) in [4.78, 5) is 32.8. The monoisotopic (exact) mass is 433 g/mol. The van der Waals surface area contributed by atoms with Crippen molar-refractivity contribution in [2.24, 2.45) is 0 Å². The number of nitrogens with zero attached hydrogens (tertiary/aromatic N) is 1. The minimum atomic E-state index is -5.38. The van der Waals surface area contributed by atoms with E-state index in [0.717, 1.165) is 0 Å². The van der Waals surface area contributed by atoms with Crippen LogP contribution in [0.15, 0.2) is 0 Å². The highest BCUT2D eigenvalue weighted by molar-refractivity contribution is 8.69. The Morgan fingerprint density at radius 1 is 1.42 bits per heavy atom. The van der Waals surface area contributed by atoms with Crippen LogP contribution in [0.5, 0.6) is 0 Å². The molecule has 24 heavy (non-hydrogen) atoms. The number of rotatable bonds is 9. The van der Waals surface area contributed by atoms with Crippen molar-refractivity contribution < 1.29 is 41.5 Å². The van der Waals surface area contributed by atoms with Crippen LogP contribution in [0.1, 0.15) is 13.8 Å². The summed E-state index contributed by atoms with van der Waals surface area (Å²) in [7, 11) is -4.60. The largest absolute Gasteiger partial charge is 0.471 e. The summed E-state index contributed by atoms with van der Waals surface area (Å²) in [6.45, 7) is 1.22. The molecule has 0 aliphatic heterocycles. The van der Waals surface area contributed by atoms with E-state index in [0.29, 0.717) is 0 Å². The van der Waals surface area contributed by atoms with Gasteiger partial charge < -0.3 is 14.2 Å². The van der Waals surface area contributed by atoms with Crippen LogP contribution < -0.4 is 0 Å². The van der Waals surface area contributed by atoms with E-state index in [2.05, 4.69) is 16.4 Å². The van der Waals surface area contributed by atoms with Crippen molar-refractivity contribution in [3.8, 4) is 0 Å². The third-order valence-electron chi connectivity index (χ3n) is 2.14. The Morgan fingerprint density at radius 3 is 2.33 bits per heavy atom. The number of amides is 1. The molecule has 14 heteroatoms. The lowest BCUT2D eigenvalue weighted by Crippen LogP contribution is -2.48. The fraction of sp³-hybridized carbons (Fsp3) is 0.800. The molecule has 0 aliphatic rings. The van der Waals surface area contributed by atoms with Gasteiger partial charge in [-0.2, -0.15) is 13.2 Å². The lowest BCUT2D eigenvalue weighted by Gasteiger charge is -2.32. The Bertz CT molecular complexity index is 496. The lowest BCUT2D eigenvalue weighted by molar-refractivity contribution is -0.186. The van der Waals surface area contributed by atoms with Gasteiger partial charge >= 0.3 is 25.6 Å². The van der Waals surface area contributed by atoms with Crippen LogP contribution in [0.25, 0.3) is 0 Å². The minimum absolute atomic E-state index is 0.112. The Labute approximate surface area is 150 Å². The predicted octanol–water partition coefficient (Wildman–Crippen LogP) is 2.63. The number of carbonyl (C=O) groups is 2. The van der Waals surface area contributed by atoms with E-state index in [-0.39, 0.29) is 28.2 Å². The average molecular weight is 434 g/mol. The summed E-state index contributed by atoms with van der Waals surface area (Å²) >= 11 is 8.90. The van der Waals surface area contributed by atoms with Gasteiger partial charge in [-0.1, -0.05) is 10.8 Å². The van der Waals surface area contributed by atoms with E-state index in [1.807, 2.05) is 0 Å². The molecule has 1 amide bonds. The van der Waals surface area contributed by atoms with Gasteiger partial charge in [0.05, 0.1) is 12.0 Å². The summed E-state index contributed by atoms with van der Waals surface area (Å²) in [5.41, 5.74) is 0. The zero-order valence-corrected chi connectivity index (χ0v) is 15.9. The van der Waals surface area contributed by atoms with Gasteiger partial charge in [0.2, 0.25) is 0 Å². The van der Waals surface area contributed by atoms with Gasteiger partial charge in [0.1, 0.15) is 13.2 Å². The van der Waals surface area contributed by atoms with Gasteiger partial charge in [-0.3, -0.25) is 19.1 Å². The van der Waals surface area contributed by atoms with Crippen LogP contribution in [-0.4, -0.2) is 58.1 Å². The van der Waals surface area contributed by atoms with E-state index >= 15 is 0 Å². The molecule has 0 aromatic heterocycles. The average Bonchev–Trinajstić information content (AvgIpc) is 2.41. The summed E-state index contributed by atoms with van der Waals surface area (Å²) in [5, 5.41) is -2.07. The third-order valence-corrected chi connectivity index (χ3v) is 6.52. The summed E-state index contributed by atoms with van der Waals surface area (Å²) in [6.07, 6.45) is -6.21. The molecule has 0 bridgehead atoms. The summed E-state index contributed by atoms with van der Waals surface area (Å²) in [5.74, 6) is -3.85. The molecule has 0 saturated heterocycles. The maximum atomic E-state index is 12.7. The Kier molecular flexibility index (Phi) is 10.1. The van der Waals surface area contributed by atoms with Crippen LogP contribution in [-0.2, 0) is 23.4 Å². The molecule has 0 rings (SSSR count). The number of alkyl halides is 4. The zero-order chi connectivity index (χ0) is 19.1. The molecule has 0 spiro atoms. The van der Waals surface area contributed by atoms with E-state index in [1.165, 1.54) is 13.8 Å². The van der Waals surface area contributed by atoms with E-state index in [1.54, 1.807) is 0 Å². The Hall–Kier alpha value is -0.130. The second-order valence-corrected chi connectivity index (χ2v) is 8.34. The summed E-state index contributed by atoms with van der Waals surface area (Å²) in [6, 6.07) is 0. The Morgan fingerprint density at radius 2 is 1.96 bits per heavy atom.